The number of carbonyl (C=O) groups excluding carboxylic acids is 1. The highest BCUT2D eigenvalue weighted by atomic mass is 35.5. The van der Waals surface area contributed by atoms with Crippen LogP contribution in [0.25, 0.3) is 0 Å². The number of anilines is 1. The van der Waals surface area contributed by atoms with Gasteiger partial charge in [0.15, 0.2) is 0 Å². The molecule has 3 aromatic rings. The highest BCUT2D eigenvalue weighted by Crippen LogP contribution is 2.37. The van der Waals surface area contributed by atoms with Gasteiger partial charge >= 0.3 is 10.2 Å². The van der Waals surface area contributed by atoms with Crippen molar-refractivity contribution in [3.05, 3.63) is 87.1 Å². The van der Waals surface area contributed by atoms with Crippen molar-refractivity contribution in [2.45, 2.75) is 13.1 Å². The molecule has 0 N–H and O–H groups in total. The molecule has 1 amide bonds. The first kappa shape index (κ1) is 18.0. The number of hydrogen-bond acceptors (Lipinski definition) is 4. The Morgan fingerprint density at radius 2 is 1.48 bits per heavy atom. The zero-order chi connectivity index (χ0) is 19.0. The van der Waals surface area contributed by atoms with Crippen LogP contribution in [0.15, 0.2) is 66.0 Å². The van der Waals surface area contributed by atoms with Crippen molar-refractivity contribution in [3.8, 4) is 0 Å². The summed E-state index contributed by atoms with van der Waals surface area (Å²) in [5, 5.41) is 2.32. The molecule has 1 aliphatic rings. The Kier molecular flexibility index (Phi) is 4.67. The average Bonchev–Trinajstić information content (AvgIpc) is 3.14. The van der Waals surface area contributed by atoms with Gasteiger partial charge < -0.3 is 0 Å². The van der Waals surface area contributed by atoms with E-state index in [0.717, 1.165) is 15.4 Å². The van der Waals surface area contributed by atoms with E-state index in [0.29, 0.717) is 15.6 Å². The molecular weight excluding hydrogens is 404 g/mol. The Morgan fingerprint density at radius 1 is 0.852 bits per heavy atom. The van der Waals surface area contributed by atoms with Gasteiger partial charge in [-0.15, -0.1) is 11.3 Å². The molecule has 0 saturated carbocycles. The van der Waals surface area contributed by atoms with Crippen molar-refractivity contribution in [1.82, 2.24) is 4.31 Å². The first-order valence-corrected chi connectivity index (χ1v) is 10.8. The predicted octanol–water partition coefficient (Wildman–Crippen LogP) is 4.31. The van der Waals surface area contributed by atoms with Gasteiger partial charge in [-0.2, -0.15) is 8.42 Å². The first-order chi connectivity index (χ1) is 13.0. The summed E-state index contributed by atoms with van der Waals surface area (Å²) in [6, 6.07) is 17.8. The molecule has 8 heteroatoms. The van der Waals surface area contributed by atoms with E-state index in [4.69, 9.17) is 11.6 Å². The van der Waals surface area contributed by atoms with E-state index in [1.807, 2.05) is 18.2 Å². The van der Waals surface area contributed by atoms with Crippen LogP contribution in [-0.2, 0) is 23.3 Å². The van der Waals surface area contributed by atoms with E-state index < -0.39 is 16.1 Å². The minimum Gasteiger partial charge on any atom is -0.267 e. The molecule has 138 valence electrons. The second-order valence-corrected chi connectivity index (χ2v) is 9.20. The molecule has 1 aromatic heterocycles. The summed E-state index contributed by atoms with van der Waals surface area (Å²) < 4.78 is 28.8. The number of benzene rings is 2. The number of fused-ring (bicyclic) bond motifs is 1. The van der Waals surface area contributed by atoms with Crippen LogP contribution in [0.3, 0.4) is 0 Å². The monoisotopic (exact) mass is 418 g/mol. The summed E-state index contributed by atoms with van der Waals surface area (Å²) in [7, 11) is -4.01. The van der Waals surface area contributed by atoms with E-state index in [1.165, 1.54) is 15.6 Å². The van der Waals surface area contributed by atoms with Crippen LogP contribution in [0.2, 0.25) is 5.02 Å². The van der Waals surface area contributed by atoms with E-state index in [1.54, 1.807) is 47.8 Å². The molecule has 0 saturated heterocycles. The quantitative estimate of drug-likeness (QED) is 0.634. The molecule has 0 atom stereocenters. The SMILES string of the molecule is O=C1c2sccc2N(Cc2ccc(Cl)cc2)S(=O)(=O)N1Cc1ccccc1. The van der Waals surface area contributed by atoms with Crippen molar-refractivity contribution in [1.29, 1.82) is 0 Å². The third-order valence-electron chi connectivity index (χ3n) is 4.30. The van der Waals surface area contributed by atoms with E-state index in [9.17, 15) is 13.2 Å². The van der Waals surface area contributed by atoms with Crippen LogP contribution in [0, 0.1) is 0 Å². The largest absolute Gasteiger partial charge is 0.329 e. The van der Waals surface area contributed by atoms with E-state index >= 15 is 0 Å². The maximum Gasteiger partial charge on any atom is 0.329 e. The van der Waals surface area contributed by atoms with Crippen molar-refractivity contribution in [3.63, 3.8) is 0 Å². The summed E-state index contributed by atoms with van der Waals surface area (Å²) >= 11 is 7.17. The highest BCUT2D eigenvalue weighted by molar-refractivity contribution is 7.91. The third kappa shape index (κ3) is 3.34. The zero-order valence-electron chi connectivity index (χ0n) is 14.1. The Hall–Kier alpha value is -2.35. The fraction of sp³-hybridized carbons (Fsp3) is 0.105. The molecule has 27 heavy (non-hydrogen) atoms. The van der Waals surface area contributed by atoms with Gasteiger partial charge in [0.25, 0.3) is 5.91 Å². The molecule has 0 fully saturated rings. The summed E-state index contributed by atoms with van der Waals surface area (Å²) in [5.41, 5.74) is 1.96. The van der Waals surface area contributed by atoms with Crippen LogP contribution in [0.4, 0.5) is 5.69 Å². The lowest BCUT2D eigenvalue weighted by Crippen LogP contribution is -2.50. The van der Waals surface area contributed by atoms with Crippen LogP contribution >= 0.6 is 22.9 Å². The summed E-state index contributed by atoms with van der Waals surface area (Å²) in [4.78, 5) is 13.3. The molecule has 0 spiro atoms. The summed E-state index contributed by atoms with van der Waals surface area (Å²) in [6.07, 6.45) is 0. The molecular formula is C19H15ClN2O3S2. The average molecular weight is 419 g/mol. The van der Waals surface area contributed by atoms with Gasteiger partial charge in [-0.3, -0.25) is 4.79 Å². The van der Waals surface area contributed by atoms with Gasteiger partial charge in [-0.05, 0) is 34.7 Å². The standard InChI is InChI=1S/C19H15ClN2O3S2/c20-16-8-6-15(7-9-16)12-21-17-10-11-26-18(17)19(23)22(27(21,24)25)13-14-4-2-1-3-5-14/h1-11H,12-13H2. The number of thiophene rings is 1. The van der Waals surface area contributed by atoms with Crippen LogP contribution in [0.5, 0.6) is 0 Å². The minimum atomic E-state index is -4.01. The lowest BCUT2D eigenvalue weighted by molar-refractivity contribution is 0.0855. The fourth-order valence-corrected chi connectivity index (χ4v) is 5.59. The van der Waals surface area contributed by atoms with Crippen molar-refractivity contribution >= 4 is 44.7 Å². The number of amides is 1. The van der Waals surface area contributed by atoms with Gasteiger partial charge in [0.2, 0.25) is 0 Å². The summed E-state index contributed by atoms with van der Waals surface area (Å²) in [5.74, 6) is -0.490. The molecule has 0 bridgehead atoms. The maximum atomic E-state index is 13.3. The molecule has 0 radical (unpaired) electrons. The fourth-order valence-electron chi connectivity index (χ4n) is 2.95. The lowest BCUT2D eigenvalue weighted by atomic mass is 10.2. The van der Waals surface area contributed by atoms with Crippen LogP contribution < -0.4 is 4.31 Å². The number of halogens is 1. The van der Waals surface area contributed by atoms with E-state index in [-0.39, 0.29) is 13.1 Å². The topological polar surface area (TPSA) is 57.7 Å². The Morgan fingerprint density at radius 3 is 2.19 bits per heavy atom. The molecule has 0 unspecified atom stereocenters. The van der Waals surface area contributed by atoms with Crippen molar-refractivity contribution < 1.29 is 13.2 Å². The lowest BCUT2D eigenvalue weighted by Gasteiger charge is -2.35. The first-order valence-electron chi connectivity index (χ1n) is 8.17. The summed E-state index contributed by atoms with van der Waals surface area (Å²) in [6.45, 7) is 0.123. The number of rotatable bonds is 4. The third-order valence-corrected chi connectivity index (χ3v) is 7.18. The van der Waals surface area contributed by atoms with Gasteiger partial charge in [0.1, 0.15) is 4.88 Å². The molecule has 4 rings (SSSR count). The number of nitrogens with zero attached hydrogens (tertiary/aromatic N) is 2. The predicted molar refractivity (Wildman–Crippen MR) is 107 cm³/mol. The van der Waals surface area contributed by atoms with Gasteiger partial charge in [-0.25, -0.2) is 8.61 Å². The Labute approximate surface area is 166 Å². The smallest absolute Gasteiger partial charge is 0.267 e. The van der Waals surface area contributed by atoms with Gasteiger partial charge in [0, 0.05) is 5.02 Å². The minimum absolute atomic E-state index is 0.00351. The van der Waals surface area contributed by atoms with E-state index in [2.05, 4.69) is 0 Å². The second-order valence-electron chi connectivity index (χ2n) is 6.07. The Balaban J connectivity index is 1.75. The molecule has 5 nitrogen and oxygen atoms in total. The second kappa shape index (κ2) is 6.99. The van der Waals surface area contributed by atoms with Gasteiger partial charge in [-0.1, -0.05) is 54.1 Å². The van der Waals surface area contributed by atoms with Crippen LogP contribution in [-0.4, -0.2) is 18.6 Å². The van der Waals surface area contributed by atoms with Crippen LogP contribution in [0.1, 0.15) is 20.8 Å². The normalized spacial score (nSPS) is 15.7. The van der Waals surface area contributed by atoms with Gasteiger partial charge in [0.05, 0.1) is 18.8 Å². The molecule has 0 aliphatic carbocycles. The molecule has 2 aromatic carbocycles. The van der Waals surface area contributed by atoms with Crippen molar-refractivity contribution in [2.75, 3.05) is 4.31 Å². The maximum absolute atomic E-state index is 13.3. The Bertz CT molecular complexity index is 1080. The number of hydrogen-bond donors (Lipinski definition) is 0. The molecule has 1 aliphatic heterocycles. The highest BCUT2D eigenvalue weighted by Gasteiger charge is 2.42. The number of carbonyl (C=O) groups is 1. The molecule has 2 heterocycles. The van der Waals surface area contributed by atoms with Crippen molar-refractivity contribution in [2.24, 2.45) is 0 Å². The zero-order valence-corrected chi connectivity index (χ0v) is 16.5.